The molecular formula is C26H29FN4O2. The van der Waals surface area contributed by atoms with Crippen LogP contribution >= 0.6 is 0 Å². The van der Waals surface area contributed by atoms with Crippen molar-refractivity contribution in [2.45, 2.75) is 25.3 Å². The third kappa shape index (κ3) is 5.93. The molecule has 0 bridgehead atoms. The van der Waals surface area contributed by atoms with Gasteiger partial charge in [0.2, 0.25) is 0 Å². The molecule has 1 aliphatic heterocycles. The van der Waals surface area contributed by atoms with Crippen LogP contribution in [0.1, 0.15) is 46.2 Å². The van der Waals surface area contributed by atoms with Gasteiger partial charge in [-0.1, -0.05) is 12.1 Å². The summed E-state index contributed by atoms with van der Waals surface area (Å²) in [5.74, 6) is 0.468. The van der Waals surface area contributed by atoms with E-state index in [9.17, 15) is 9.18 Å². The van der Waals surface area contributed by atoms with Gasteiger partial charge in [0.15, 0.2) is 0 Å². The van der Waals surface area contributed by atoms with Crippen LogP contribution in [-0.4, -0.2) is 59.5 Å². The van der Waals surface area contributed by atoms with Gasteiger partial charge in [0.25, 0.3) is 5.91 Å². The van der Waals surface area contributed by atoms with E-state index in [0.29, 0.717) is 25.1 Å². The molecule has 0 aliphatic carbocycles. The molecule has 1 amide bonds. The predicted octanol–water partition coefficient (Wildman–Crippen LogP) is 4.12. The molecule has 0 saturated carbocycles. The van der Waals surface area contributed by atoms with Crippen molar-refractivity contribution in [3.8, 4) is 5.75 Å². The van der Waals surface area contributed by atoms with Crippen LogP contribution in [0.2, 0.25) is 0 Å². The highest BCUT2D eigenvalue weighted by Crippen LogP contribution is 2.32. The minimum Gasteiger partial charge on any atom is -0.492 e. The van der Waals surface area contributed by atoms with Gasteiger partial charge in [-0.15, -0.1) is 0 Å². The van der Waals surface area contributed by atoms with Crippen molar-refractivity contribution in [2.75, 3.05) is 33.8 Å². The maximum Gasteiger partial charge on any atom is 0.254 e. The monoisotopic (exact) mass is 448 g/mol. The highest BCUT2D eigenvalue weighted by molar-refractivity contribution is 5.94. The molecule has 0 spiro atoms. The molecule has 6 nitrogen and oxygen atoms in total. The van der Waals surface area contributed by atoms with E-state index in [1.807, 2.05) is 49.3 Å². The SMILES string of the molecule is CN(C)CCOc1ccc(C(=O)N2CCCC2c2cncc(Cc3cccc(F)c3)n2)cc1. The summed E-state index contributed by atoms with van der Waals surface area (Å²) in [6, 6.07) is 13.7. The second-order valence-electron chi connectivity index (χ2n) is 8.57. The number of hydrogen-bond donors (Lipinski definition) is 0. The second-order valence-corrected chi connectivity index (χ2v) is 8.57. The van der Waals surface area contributed by atoms with Gasteiger partial charge in [0.05, 0.1) is 23.6 Å². The first-order chi connectivity index (χ1) is 16.0. The van der Waals surface area contributed by atoms with Crippen LogP contribution in [0.25, 0.3) is 0 Å². The lowest BCUT2D eigenvalue weighted by Crippen LogP contribution is -2.31. The van der Waals surface area contributed by atoms with Gasteiger partial charge in [-0.05, 0) is 68.9 Å². The van der Waals surface area contributed by atoms with E-state index < -0.39 is 0 Å². The summed E-state index contributed by atoms with van der Waals surface area (Å²) in [6.07, 6.45) is 5.68. The number of amides is 1. The Balaban J connectivity index is 1.45. The maximum atomic E-state index is 13.5. The highest BCUT2D eigenvalue weighted by Gasteiger charge is 2.32. The average Bonchev–Trinajstić information content (AvgIpc) is 3.29. The lowest BCUT2D eigenvalue weighted by molar-refractivity contribution is 0.0732. The van der Waals surface area contributed by atoms with Crippen molar-refractivity contribution in [3.63, 3.8) is 0 Å². The largest absolute Gasteiger partial charge is 0.492 e. The maximum absolute atomic E-state index is 13.5. The fourth-order valence-corrected chi connectivity index (χ4v) is 4.05. The van der Waals surface area contributed by atoms with Crippen molar-refractivity contribution in [2.24, 2.45) is 0 Å². The third-order valence-electron chi connectivity index (χ3n) is 5.74. The van der Waals surface area contributed by atoms with Crippen LogP contribution in [0.15, 0.2) is 60.9 Å². The Bertz CT molecular complexity index is 1090. The summed E-state index contributed by atoms with van der Waals surface area (Å²) in [7, 11) is 4.00. The van der Waals surface area contributed by atoms with E-state index >= 15 is 0 Å². The zero-order chi connectivity index (χ0) is 23.2. The Morgan fingerprint density at radius 1 is 1.18 bits per heavy atom. The summed E-state index contributed by atoms with van der Waals surface area (Å²) < 4.78 is 19.3. The molecule has 33 heavy (non-hydrogen) atoms. The lowest BCUT2D eigenvalue weighted by atomic mass is 10.1. The van der Waals surface area contributed by atoms with Crippen molar-refractivity contribution in [3.05, 3.63) is 89.3 Å². The van der Waals surface area contributed by atoms with Gasteiger partial charge >= 0.3 is 0 Å². The number of benzene rings is 2. The van der Waals surface area contributed by atoms with Gasteiger partial charge in [-0.2, -0.15) is 0 Å². The van der Waals surface area contributed by atoms with Crippen molar-refractivity contribution in [1.82, 2.24) is 19.8 Å². The van der Waals surface area contributed by atoms with E-state index in [4.69, 9.17) is 9.72 Å². The molecule has 0 radical (unpaired) electrons. The number of hydrogen-bond acceptors (Lipinski definition) is 5. The predicted molar refractivity (Wildman–Crippen MR) is 125 cm³/mol. The number of carbonyl (C=O) groups is 1. The van der Waals surface area contributed by atoms with E-state index in [2.05, 4.69) is 9.88 Å². The Hall–Kier alpha value is -3.32. The minimum atomic E-state index is -0.265. The lowest BCUT2D eigenvalue weighted by Gasteiger charge is -2.24. The Labute approximate surface area is 194 Å². The van der Waals surface area contributed by atoms with Crippen molar-refractivity contribution < 1.29 is 13.9 Å². The second kappa shape index (κ2) is 10.5. The topological polar surface area (TPSA) is 58.6 Å². The molecule has 4 rings (SSSR count). The summed E-state index contributed by atoms with van der Waals surface area (Å²) in [4.78, 5) is 26.3. The molecule has 1 aliphatic rings. The standard InChI is InChI=1S/C26H29FN4O2/c1-30(2)13-14-33-23-10-8-20(9-11-23)26(32)31-12-4-7-25(31)24-18-28-17-22(29-24)16-19-5-3-6-21(27)15-19/h3,5-6,8-11,15,17-18,25H,4,7,12-14,16H2,1-2H3. The van der Waals surface area contributed by atoms with Gasteiger partial charge in [-0.25, -0.2) is 4.39 Å². The van der Waals surface area contributed by atoms with Crippen LogP contribution in [0, 0.1) is 5.82 Å². The highest BCUT2D eigenvalue weighted by atomic mass is 19.1. The molecule has 7 heteroatoms. The molecule has 1 atom stereocenters. The van der Waals surface area contributed by atoms with E-state index in [1.54, 1.807) is 18.5 Å². The molecule has 1 aromatic heterocycles. The first-order valence-electron chi connectivity index (χ1n) is 11.2. The quantitative estimate of drug-likeness (QED) is 0.519. The van der Waals surface area contributed by atoms with E-state index in [-0.39, 0.29) is 17.8 Å². The zero-order valence-corrected chi connectivity index (χ0v) is 19.1. The first-order valence-corrected chi connectivity index (χ1v) is 11.2. The first kappa shape index (κ1) is 22.9. The van der Waals surface area contributed by atoms with Gasteiger partial charge in [0.1, 0.15) is 18.2 Å². The number of ether oxygens (including phenoxy) is 1. The Morgan fingerprint density at radius 3 is 2.76 bits per heavy atom. The number of halogens is 1. The summed E-state index contributed by atoms with van der Waals surface area (Å²) >= 11 is 0. The summed E-state index contributed by atoms with van der Waals surface area (Å²) in [5, 5.41) is 0. The molecule has 1 saturated heterocycles. The zero-order valence-electron chi connectivity index (χ0n) is 19.1. The van der Waals surface area contributed by atoms with Crippen LogP contribution in [-0.2, 0) is 6.42 Å². The van der Waals surface area contributed by atoms with Crippen LogP contribution in [0.5, 0.6) is 5.75 Å². The molecule has 1 fully saturated rings. The number of nitrogens with zero attached hydrogens (tertiary/aromatic N) is 4. The summed E-state index contributed by atoms with van der Waals surface area (Å²) in [6.45, 7) is 2.11. The van der Waals surface area contributed by atoms with Gasteiger partial charge in [-0.3, -0.25) is 14.8 Å². The molecule has 2 heterocycles. The minimum absolute atomic E-state index is 0.0188. The van der Waals surface area contributed by atoms with Crippen LogP contribution in [0.4, 0.5) is 4.39 Å². The Morgan fingerprint density at radius 2 is 2.00 bits per heavy atom. The number of rotatable bonds is 8. The third-order valence-corrected chi connectivity index (χ3v) is 5.74. The number of carbonyl (C=O) groups excluding carboxylic acids is 1. The normalized spacial score (nSPS) is 15.8. The molecule has 2 aromatic carbocycles. The number of aromatic nitrogens is 2. The van der Waals surface area contributed by atoms with Crippen LogP contribution in [0.3, 0.4) is 0 Å². The number of likely N-dealkylation sites (tertiary alicyclic amines) is 1. The number of likely N-dealkylation sites (N-methyl/N-ethyl adjacent to an activating group) is 1. The molecule has 1 unspecified atom stereocenters. The summed E-state index contributed by atoms with van der Waals surface area (Å²) in [5.41, 5.74) is 3.01. The van der Waals surface area contributed by atoms with E-state index in [1.165, 1.54) is 12.1 Å². The smallest absolute Gasteiger partial charge is 0.254 e. The molecular weight excluding hydrogens is 419 g/mol. The van der Waals surface area contributed by atoms with Gasteiger partial charge in [0, 0.05) is 31.3 Å². The fraction of sp³-hybridized carbons (Fsp3) is 0.346. The van der Waals surface area contributed by atoms with E-state index in [0.717, 1.165) is 42.1 Å². The molecule has 0 N–H and O–H groups in total. The molecule has 3 aromatic rings. The van der Waals surface area contributed by atoms with Crippen molar-refractivity contribution in [1.29, 1.82) is 0 Å². The van der Waals surface area contributed by atoms with Gasteiger partial charge < -0.3 is 14.5 Å². The van der Waals surface area contributed by atoms with Crippen molar-refractivity contribution >= 4 is 5.91 Å². The average molecular weight is 449 g/mol. The Kier molecular flexibility index (Phi) is 7.29. The van der Waals surface area contributed by atoms with Crippen LogP contribution < -0.4 is 4.74 Å². The molecule has 172 valence electrons. The fourth-order valence-electron chi connectivity index (χ4n) is 4.05.